The molecule has 86 valence electrons. The molecule has 4 heteroatoms. The van der Waals surface area contributed by atoms with Crippen LogP contribution in [0.2, 0.25) is 0 Å². The minimum atomic E-state index is -1.06. The molecule has 1 aromatic rings. The summed E-state index contributed by atoms with van der Waals surface area (Å²) >= 11 is 5.87. The third-order valence-corrected chi connectivity index (χ3v) is 2.93. The van der Waals surface area contributed by atoms with Crippen molar-refractivity contribution in [2.24, 2.45) is 0 Å². The quantitative estimate of drug-likeness (QED) is 0.824. The van der Waals surface area contributed by atoms with Gasteiger partial charge in [-0.1, -0.05) is 19.1 Å². The van der Waals surface area contributed by atoms with Crippen molar-refractivity contribution in [3.8, 4) is 0 Å². The number of carbonyl (C=O) groups excluding carboxylic acids is 1. The number of carbonyl (C=O) groups is 2. The molecule has 3 nitrogen and oxygen atoms in total. The molecular formula is C12H13ClO3. The van der Waals surface area contributed by atoms with E-state index in [1.54, 1.807) is 18.2 Å². The van der Waals surface area contributed by atoms with Crippen LogP contribution in [0.15, 0.2) is 18.2 Å². The fraction of sp³-hybridized carbons (Fsp3) is 0.333. The van der Waals surface area contributed by atoms with Crippen molar-refractivity contribution in [1.29, 1.82) is 0 Å². The van der Waals surface area contributed by atoms with Crippen LogP contribution in [0.25, 0.3) is 0 Å². The second-order valence-electron chi connectivity index (χ2n) is 3.55. The number of Topliss-reactive ketones (excluding diaryl/α,β-unsaturated/α-hetero) is 1. The van der Waals surface area contributed by atoms with Crippen molar-refractivity contribution in [1.82, 2.24) is 0 Å². The van der Waals surface area contributed by atoms with Gasteiger partial charge in [-0.15, -0.1) is 11.6 Å². The second kappa shape index (κ2) is 5.12. The molecule has 0 saturated carbocycles. The van der Waals surface area contributed by atoms with Crippen LogP contribution in [0.4, 0.5) is 0 Å². The van der Waals surface area contributed by atoms with Crippen molar-refractivity contribution < 1.29 is 14.7 Å². The molecule has 1 N–H and O–H groups in total. The maximum atomic E-state index is 11.1. The molecule has 0 aliphatic rings. The number of ketones is 1. The van der Waals surface area contributed by atoms with Gasteiger partial charge in [0.25, 0.3) is 0 Å². The van der Waals surface area contributed by atoms with E-state index in [2.05, 4.69) is 0 Å². The summed E-state index contributed by atoms with van der Waals surface area (Å²) in [5.41, 5.74) is 1.38. The fourth-order valence-electron chi connectivity index (χ4n) is 1.45. The molecule has 0 aliphatic heterocycles. The van der Waals surface area contributed by atoms with Gasteiger partial charge in [0.1, 0.15) is 5.38 Å². The number of hydrogen-bond acceptors (Lipinski definition) is 2. The van der Waals surface area contributed by atoms with Gasteiger partial charge in [-0.3, -0.25) is 4.79 Å². The molecule has 0 amide bonds. The van der Waals surface area contributed by atoms with Gasteiger partial charge in [-0.2, -0.15) is 0 Å². The molecule has 0 bridgehead atoms. The van der Waals surface area contributed by atoms with Crippen molar-refractivity contribution in [3.05, 3.63) is 34.9 Å². The van der Waals surface area contributed by atoms with Crippen LogP contribution in [0, 0.1) is 0 Å². The molecule has 0 saturated heterocycles. The Labute approximate surface area is 99.0 Å². The monoisotopic (exact) mass is 240 g/mol. The minimum absolute atomic E-state index is 0.106. The van der Waals surface area contributed by atoms with Crippen molar-refractivity contribution >= 4 is 23.4 Å². The number of rotatable bonds is 4. The van der Waals surface area contributed by atoms with Crippen LogP contribution in [-0.2, 0) is 11.2 Å². The zero-order chi connectivity index (χ0) is 12.3. The highest BCUT2D eigenvalue weighted by Gasteiger charge is 2.20. The zero-order valence-corrected chi connectivity index (χ0v) is 9.91. The summed E-state index contributed by atoms with van der Waals surface area (Å²) in [6, 6.07) is 4.97. The van der Waals surface area contributed by atoms with Crippen molar-refractivity contribution in [2.75, 3.05) is 0 Å². The Hall–Kier alpha value is -1.35. The van der Waals surface area contributed by atoms with Crippen molar-refractivity contribution in [2.45, 2.75) is 25.6 Å². The highest BCUT2D eigenvalue weighted by Crippen LogP contribution is 2.26. The lowest BCUT2D eigenvalue weighted by Gasteiger charge is -2.11. The SMILES string of the molecule is CCc1ccc(C(Cl)C(C)=O)c(C(=O)O)c1. The number of carboxylic acids is 1. The zero-order valence-electron chi connectivity index (χ0n) is 9.16. The molecule has 1 aromatic carbocycles. The second-order valence-corrected chi connectivity index (χ2v) is 3.99. The highest BCUT2D eigenvalue weighted by atomic mass is 35.5. The van der Waals surface area contributed by atoms with E-state index in [0.29, 0.717) is 5.56 Å². The Balaban J connectivity index is 3.28. The minimum Gasteiger partial charge on any atom is -0.478 e. The van der Waals surface area contributed by atoms with E-state index in [0.717, 1.165) is 12.0 Å². The third kappa shape index (κ3) is 2.61. The highest BCUT2D eigenvalue weighted by molar-refractivity contribution is 6.31. The summed E-state index contributed by atoms with van der Waals surface area (Å²) < 4.78 is 0. The summed E-state index contributed by atoms with van der Waals surface area (Å²) in [7, 11) is 0. The van der Waals surface area contributed by atoms with Crippen LogP contribution in [0.5, 0.6) is 0 Å². The van der Waals surface area contributed by atoms with Gasteiger partial charge in [0.05, 0.1) is 5.56 Å². The number of benzene rings is 1. The Morgan fingerprint density at radius 1 is 1.44 bits per heavy atom. The Morgan fingerprint density at radius 3 is 2.50 bits per heavy atom. The molecular weight excluding hydrogens is 228 g/mol. The predicted octanol–water partition coefficient (Wildman–Crippen LogP) is 2.82. The molecule has 1 rings (SSSR count). The summed E-state index contributed by atoms with van der Waals surface area (Å²) in [6.07, 6.45) is 0.744. The van der Waals surface area contributed by atoms with E-state index in [9.17, 15) is 9.59 Å². The average molecular weight is 241 g/mol. The summed E-state index contributed by atoms with van der Waals surface area (Å²) in [5, 5.41) is 8.15. The number of aryl methyl sites for hydroxylation is 1. The largest absolute Gasteiger partial charge is 0.478 e. The van der Waals surface area contributed by atoms with Crippen LogP contribution < -0.4 is 0 Å². The van der Waals surface area contributed by atoms with Crippen LogP contribution in [0.1, 0.15) is 40.7 Å². The van der Waals surface area contributed by atoms with E-state index < -0.39 is 11.3 Å². The summed E-state index contributed by atoms with van der Waals surface area (Å²) in [5.74, 6) is -1.31. The number of hydrogen-bond donors (Lipinski definition) is 1. The smallest absolute Gasteiger partial charge is 0.336 e. The van der Waals surface area contributed by atoms with E-state index in [4.69, 9.17) is 16.7 Å². The van der Waals surface area contributed by atoms with Crippen LogP contribution in [0.3, 0.4) is 0 Å². The molecule has 0 spiro atoms. The number of carboxylic acid groups (broad SMARTS) is 1. The maximum Gasteiger partial charge on any atom is 0.336 e. The average Bonchev–Trinajstić information content (AvgIpc) is 2.26. The molecule has 1 unspecified atom stereocenters. The topological polar surface area (TPSA) is 54.4 Å². The number of halogens is 1. The third-order valence-electron chi connectivity index (χ3n) is 2.39. The summed E-state index contributed by atoms with van der Waals surface area (Å²) in [6.45, 7) is 3.28. The van der Waals surface area contributed by atoms with Gasteiger partial charge in [0.15, 0.2) is 5.78 Å². The van der Waals surface area contributed by atoms with Crippen molar-refractivity contribution in [3.63, 3.8) is 0 Å². The lowest BCUT2D eigenvalue weighted by molar-refractivity contribution is -0.116. The molecule has 0 aromatic heterocycles. The fourth-order valence-corrected chi connectivity index (χ4v) is 1.64. The van der Waals surface area contributed by atoms with Gasteiger partial charge >= 0.3 is 5.97 Å². The van der Waals surface area contributed by atoms with Gasteiger partial charge < -0.3 is 5.11 Å². The van der Waals surface area contributed by atoms with Gasteiger partial charge in [-0.25, -0.2) is 4.79 Å². The van der Waals surface area contributed by atoms with Gasteiger partial charge in [0.2, 0.25) is 0 Å². The summed E-state index contributed by atoms with van der Waals surface area (Å²) in [4.78, 5) is 22.2. The first kappa shape index (κ1) is 12.7. The Bertz CT molecular complexity index is 426. The predicted molar refractivity (Wildman–Crippen MR) is 62.1 cm³/mol. The van der Waals surface area contributed by atoms with E-state index in [1.807, 2.05) is 6.92 Å². The first-order chi connectivity index (χ1) is 7.47. The molecule has 0 aliphatic carbocycles. The van der Waals surface area contributed by atoms with Crippen LogP contribution in [-0.4, -0.2) is 16.9 Å². The standard InChI is InChI=1S/C12H13ClO3/c1-3-8-4-5-9(11(13)7(2)14)10(6-8)12(15)16/h4-6,11H,3H2,1-2H3,(H,15,16). The van der Waals surface area contributed by atoms with E-state index in [1.165, 1.54) is 6.92 Å². The lowest BCUT2D eigenvalue weighted by atomic mass is 9.98. The molecule has 0 fully saturated rings. The number of aromatic carboxylic acids is 1. The maximum absolute atomic E-state index is 11.1. The lowest BCUT2D eigenvalue weighted by Crippen LogP contribution is -2.09. The van der Waals surface area contributed by atoms with Gasteiger partial charge in [-0.05, 0) is 30.5 Å². The molecule has 1 atom stereocenters. The van der Waals surface area contributed by atoms with Crippen LogP contribution >= 0.6 is 11.6 Å². The normalized spacial score (nSPS) is 12.2. The van der Waals surface area contributed by atoms with E-state index >= 15 is 0 Å². The Morgan fingerprint density at radius 2 is 2.06 bits per heavy atom. The molecule has 0 heterocycles. The first-order valence-electron chi connectivity index (χ1n) is 4.98. The number of alkyl halides is 1. The van der Waals surface area contributed by atoms with E-state index in [-0.39, 0.29) is 11.3 Å². The van der Waals surface area contributed by atoms with Gasteiger partial charge in [0, 0.05) is 0 Å². The molecule has 0 radical (unpaired) electrons. The first-order valence-corrected chi connectivity index (χ1v) is 5.41. The Kier molecular flexibility index (Phi) is 4.07. The molecule has 16 heavy (non-hydrogen) atoms.